The number of amides is 1. The Balaban J connectivity index is 1.67. The molecule has 1 atom stereocenters. The highest BCUT2D eigenvalue weighted by molar-refractivity contribution is 5.78. The van der Waals surface area contributed by atoms with Crippen molar-refractivity contribution in [2.45, 2.75) is 32.4 Å². The van der Waals surface area contributed by atoms with Gasteiger partial charge in [-0.2, -0.15) is 0 Å². The van der Waals surface area contributed by atoms with Crippen LogP contribution in [0.5, 0.6) is 0 Å². The average molecular weight is 275 g/mol. The first kappa shape index (κ1) is 13.3. The molecule has 0 radical (unpaired) electrons. The van der Waals surface area contributed by atoms with E-state index in [0.717, 1.165) is 49.9 Å². The van der Waals surface area contributed by atoms with Crippen molar-refractivity contribution in [3.63, 3.8) is 0 Å². The number of anilines is 1. The number of nitrogens with one attached hydrogen (secondary N) is 1. The van der Waals surface area contributed by atoms with Crippen molar-refractivity contribution >= 4 is 11.7 Å². The molecule has 2 aliphatic heterocycles. The fourth-order valence-electron chi connectivity index (χ4n) is 3.10. The van der Waals surface area contributed by atoms with Gasteiger partial charge in [0.1, 0.15) is 11.6 Å². The lowest BCUT2D eigenvalue weighted by molar-refractivity contribution is -0.130. The van der Waals surface area contributed by atoms with Gasteiger partial charge in [-0.3, -0.25) is 9.69 Å². The van der Waals surface area contributed by atoms with Gasteiger partial charge < -0.3 is 10.2 Å². The number of nitrogens with zero attached hydrogens (tertiary/aromatic N) is 4. The number of aryl methyl sites for hydroxylation is 1. The van der Waals surface area contributed by atoms with Crippen molar-refractivity contribution in [2.75, 3.05) is 32.0 Å². The Labute approximate surface area is 119 Å². The lowest BCUT2D eigenvalue weighted by Gasteiger charge is -2.37. The standard InChI is InChI=1S/C14H21N5O/c1-10-7-12(15-2)17-13(16-10)9-18-5-6-19-11(8-18)3-4-14(19)20/h7,11H,3-6,8-9H2,1-2H3,(H,15,16,17). The first-order chi connectivity index (χ1) is 9.65. The molecule has 3 rings (SSSR count). The Morgan fingerprint density at radius 3 is 3.05 bits per heavy atom. The summed E-state index contributed by atoms with van der Waals surface area (Å²) in [6, 6.07) is 2.33. The second-order valence-corrected chi connectivity index (χ2v) is 5.58. The molecule has 2 saturated heterocycles. The van der Waals surface area contributed by atoms with E-state index in [0.29, 0.717) is 18.4 Å². The van der Waals surface area contributed by atoms with E-state index in [-0.39, 0.29) is 0 Å². The zero-order valence-electron chi connectivity index (χ0n) is 12.1. The van der Waals surface area contributed by atoms with Gasteiger partial charge in [0, 0.05) is 50.9 Å². The Morgan fingerprint density at radius 2 is 2.25 bits per heavy atom. The topological polar surface area (TPSA) is 61.4 Å². The highest BCUT2D eigenvalue weighted by Gasteiger charge is 2.35. The van der Waals surface area contributed by atoms with Gasteiger partial charge in [0.05, 0.1) is 6.54 Å². The summed E-state index contributed by atoms with van der Waals surface area (Å²) in [5.41, 5.74) is 0.981. The normalized spacial score (nSPS) is 23.0. The molecule has 1 N–H and O–H groups in total. The number of carbonyl (C=O) groups excluding carboxylic acids is 1. The van der Waals surface area contributed by atoms with Crippen LogP contribution in [0.3, 0.4) is 0 Å². The minimum atomic E-state index is 0.318. The molecule has 0 spiro atoms. The van der Waals surface area contributed by atoms with E-state index in [1.807, 2.05) is 24.9 Å². The summed E-state index contributed by atoms with van der Waals surface area (Å²) in [6.45, 7) is 5.44. The van der Waals surface area contributed by atoms with Gasteiger partial charge in [-0.25, -0.2) is 9.97 Å². The van der Waals surface area contributed by atoms with Crippen molar-refractivity contribution in [3.8, 4) is 0 Å². The van der Waals surface area contributed by atoms with Crippen LogP contribution < -0.4 is 5.32 Å². The van der Waals surface area contributed by atoms with Crippen molar-refractivity contribution < 1.29 is 4.79 Å². The zero-order valence-corrected chi connectivity index (χ0v) is 12.1. The fourth-order valence-corrected chi connectivity index (χ4v) is 3.10. The maximum absolute atomic E-state index is 11.7. The monoisotopic (exact) mass is 275 g/mol. The lowest BCUT2D eigenvalue weighted by Crippen LogP contribution is -2.51. The smallest absolute Gasteiger partial charge is 0.222 e. The molecule has 1 aromatic rings. The van der Waals surface area contributed by atoms with Crippen LogP contribution in [0.1, 0.15) is 24.4 Å². The van der Waals surface area contributed by atoms with E-state index in [4.69, 9.17) is 0 Å². The predicted molar refractivity (Wildman–Crippen MR) is 76.3 cm³/mol. The Morgan fingerprint density at radius 1 is 1.40 bits per heavy atom. The molecule has 20 heavy (non-hydrogen) atoms. The molecule has 0 aromatic carbocycles. The van der Waals surface area contributed by atoms with Crippen molar-refractivity contribution in [3.05, 3.63) is 17.6 Å². The third-order valence-electron chi connectivity index (χ3n) is 4.10. The van der Waals surface area contributed by atoms with Crippen LogP contribution in [0.4, 0.5) is 5.82 Å². The molecule has 6 nitrogen and oxygen atoms in total. The molecule has 1 unspecified atom stereocenters. The fraction of sp³-hybridized carbons (Fsp3) is 0.643. The predicted octanol–water partition coefficient (Wildman–Crippen LogP) is 0.633. The average Bonchev–Trinajstić information content (AvgIpc) is 2.79. The molecule has 1 amide bonds. The van der Waals surface area contributed by atoms with Crippen molar-refractivity contribution in [1.82, 2.24) is 19.8 Å². The van der Waals surface area contributed by atoms with E-state index in [9.17, 15) is 4.79 Å². The van der Waals surface area contributed by atoms with Crippen LogP contribution in [-0.2, 0) is 11.3 Å². The number of carbonyl (C=O) groups is 1. The number of aromatic nitrogens is 2. The van der Waals surface area contributed by atoms with Crippen LogP contribution in [0.2, 0.25) is 0 Å². The summed E-state index contributed by atoms with van der Waals surface area (Å²) < 4.78 is 0. The third kappa shape index (κ3) is 2.60. The van der Waals surface area contributed by atoms with Gasteiger partial charge in [0.25, 0.3) is 0 Å². The first-order valence-electron chi connectivity index (χ1n) is 7.20. The Bertz CT molecular complexity index is 518. The lowest BCUT2D eigenvalue weighted by atomic mass is 10.1. The minimum Gasteiger partial charge on any atom is -0.373 e. The van der Waals surface area contributed by atoms with Crippen LogP contribution in [-0.4, -0.2) is 58.4 Å². The molecule has 0 saturated carbocycles. The molecule has 2 fully saturated rings. The Kier molecular flexibility index (Phi) is 3.56. The number of hydrogen-bond donors (Lipinski definition) is 1. The van der Waals surface area contributed by atoms with Crippen LogP contribution in [0, 0.1) is 6.92 Å². The molecular formula is C14H21N5O. The van der Waals surface area contributed by atoms with Gasteiger partial charge in [-0.05, 0) is 13.3 Å². The summed E-state index contributed by atoms with van der Waals surface area (Å²) in [4.78, 5) is 25.1. The molecule has 6 heteroatoms. The molecule has 1 aromatic heterocycles. The Hall–Kier alpha value is -1.69. The molecule has 3 heterocycles. The maximum atomic E-state index is 11.7. The van der Waals surface area contributed by atoms with Gasteiger partial charge >= 0.3 is 0 Å². The number of hydrogen-bond acceptors (Lipinski definition) is 5. The van der Waals surface area contributed by atoms with E-state index < -0.39 is 0 Å². The summed E-state index contributed by atoms with van der Waals surface area (Å²) in [6.07, 6.45) is 1.70. The summed E-state index contributed by atoms with van der Waals surface area (Å²) in [5, 5.41) is 3.07. The van der Waals surface area contributed by atoms with Crippen LogP contribution in [0.25, 0.3) is 0 Å². The van der Waals surface area contributed by atoms with Gasteiger partial charge in [0.2, 0.25) is 5.91 Å². The SMILES string of the molecule is CNc1cc(C)nc(CN2CCN3C(=O)CCC3C2)n1. The highest BCUT2D eigenvalue weighted by atomic mass is 16.2. The van der Waals surface area contributed by atoms with E-state index >= 15 is 0 Å². The zero-order chi connectivity index (χ0) is 14.1. The van der Waals surface area contributed by atoms with E-state index in [2.05, 4.69) is 20.2 Å². The maximum Gasteiger partial charge on any atom is 0.222 e. The summed E-state index contributed by atoms with van der Waals surface area (Å²) in [5.74, 6) is 2.04. The summed E-state index contributed by atoms with van der Waals surface area (Å²) in [7, 11) is 1.87. The third-order valence-corrected chi connectivity index (χ3v) is 4.10. The van der Waals surface area contributed by atoms with Crippen molar-refractivity contribution in [1.29, 1.82) is 0 Å². The second-order valence-electron chi connectivity index (χ2n) is 5.58. The number of fused-ring (bicyclic) bond motifs is 1. The molecule has 108 valence electrons. The minimum absolute atomic E-state index is 0.318. The number of piperazine rings is 1. The molecule has 2 aliphatic rings. The van der Waals surface area contributed by atoms with E-state index in [1.165, 1.54) is 0 Å². The number of rotatable bonds is 3. The first-order valence-corrected chi connectivity index (χ1v) is 7.20. The van der Waals surface area contributed by atoms with Gasteiger partial charge in [0.15, 0.2) is 0 Å². The molecule has 0 aliphatic carbocycles. The largest absolute Gasteiger partial charge is 0.373 e. The van der Waals surface area contributed by atoms with Gasteiger partial charge in [-0.1, -0.05) is 0 Å². The van der Waals surface area contributed by atoms with Crippen molar-refractivity contribution in [2.24, 2.45) is 0 Å². The van der Waals surface area contributed by atoms with Crippen LogP contribution >= 0.6 is 0 Å². The highest BCUT2D eigenvalue weighted by Crippen LogP contribution is 2.23. The van der Waals surface area contributed by atoms with Gasteiger partial charge in [-0.15, -0.1) is 0 Å². The second kappa shape index (κ2) is 5.36. The summed E-state index contributed by atoms with van der Waals surface area (Å²) >= 11 is 0. The molecule has 0 bridgehead atoms. The van der Waals surface area contributed by atoms with Crippen LogP contribution in [0.15, 0.2) is 6.07 Å². The molecular weight excluding hydrogens is 254 g/mol. The van der Waals surface area contributed by atoms with E-state index in [1.54, 1.807) is 0 Å². The quantitative estimate of drug-likeness (QED) is 0.877.